The Hall–Kier alpha value is -3.27. The number of anilines is 3. The van der Waals surface area contributed by atoms with Crippen LogP contribution in [0.3, 0.4) is 0 Å². The first-order chi connectivity index (χ1) is 15.1. The van der Waals surface area contributed by atoms with Crippen LogP contribution >= 0.6 is 11.8 Å². The smallest absolute Gasteiger partial charge is 0.288 e. The summed E-state index contributed by atoms with van der Waals surface area (Å²) in [5.41, 5.74) is 0.584. The number of halogens is 2. The molecule has 1 aliphatic rings. The monoisotopic (exact) mass is 442 g/mol. The summed E-state index contributed by atoms with van der Waals surface area (Å²) in [6, 6.07) is 12.1. The number of benzene rings is 1. The van der Waals surface area contributed by atoms with Gasteiger partial charge in [0.15, 0.2) is 0 Å². The molecule has 3 aromatic rings. The van der Waals surface area contributed by atoms with Gasteiger partial charge in [-0.15, -0.1) is 0 Å². The number of carbonyl (C=O) groups is 1. The Bertz CT molecular complexity index is 1010. The van der Waals surface area contributed by atoms with E-state index in [0.29, 0.717) is 23.4 Å². The van der Waals surface area contributed by atoms with Crippen molar-refractivity contribution in [1.82, 2.24) is 15.0 Å². The average Bonchev–Trinajstić information content (AvgIpc) is 2.80. The van der Waals surface area contributed by atoms with Gasteiger partial charge in [-0.25, -0.2) is 15.0 Å². The molecule has 160 valence electrons. The summed E-state index contributed by atoms with van der Waals surface area (Å²) in [5.74, 6) is -1.56. The summed E-state index contributed by atoms with van der Waals surface area (Å²) >= 11 is 0.343. The first-order valence-electron chi connectivity index (χ1n) is 9.68. The highest BCUT2D eigenvalue weighted by Crippen LogP contribution is 2.29. The van der Waals surface area contributed by atoms with E-state index in [-0.39, 0.29) is 10.5 Å². The Morgan fingerprint density at radius 3 is 2.29 bits per heavy atom. The van der Waals surface area contributed by atoms with Crippen LogP contribution in [0.5, 0.6) is 0 Å². The zero-order valence-corrected chi connectivity index (χ0v) is 17.3. The summed E-state index contributed by atoms with van der Waals surface area (Å²) in [7, 11) is 0. The summed E-state index contributed by atoms with van der Waals surface area (Å²) in [6.07, 6.45) is 4.82. The Morgan fingerprint density at radius 1 is 0.935 bits per heavy atom. The molecule has 0 spiro atoms. The number of amides is 1. The second-order valence-corrected chi connectivity index (χ2v) is 7.79. The van der Waals surface area contributed by atoms with Crippen LogP contribution in [-0.4, -0.2) is 52.8 Å². The summed E-state index contributed by atoms with van der Waals surface area (Å²) in [6.45, 7) is 3.11. The predicted molar refractivity (Wildman–Crippen MR) is 117 cm³/mol. The number of thioether (sulfide) groups is 1. The molecule has 0 aliphatic carbocycles. The second kappa shape index (κ2) is 9.69. The van der Waals surface area contributed by atoms with Crippen LogP contribution in [0.1, 0.15) is 10.4 Å². The van der Waals surface area contributed by atoms with Gasteiger partial charge in [0.1, 0.15) is 5.82 Å². The first kappa shape index (κ1) is 21.0. The first-order valence-corrected chi connectivity index (χ1v) is 10.6. The number of rotatable bonds is 6. The van der Waals surface area contributed by atoms with E-state index in [2.05, 4.69) is 30.1 Å². The summed E-state index contributed by atoms with van der Waals surface area (Å²) < 4.78 is 25.5. The molecular weight excluding hydrogens is 422 g/mol. The van der Waals surface area contributed by atoms with Crippen molar-refractivity contribution >= 4 is 35.1 Å². The van der Waals surface area contributed by atoms with Crippen molar-refractivity contribution in [1.29, 1.82) is 0 Å². The van der Waals surface area contributed by atoms with Crippen molar-refractivity contribution in [3.05, 3.63) is 66.6 Å². The fourth-order valence-electron chi connectivity index (χ4n) is 3.28. The zero-order valence-electron chi connectivity index (χ0n) is 16.5. The lowest BCUT2D eigenvalue weighted by atomic mass is 10.2. The third-order valence-corrected chi connectivity index (χ3v) is 5.57. The lowest BCUT2D eigenvalue weighted by Gasteiger charge is -2.35. The van der Waals surface area contributed by atoms with Gasteiger partial charge in [-0.2, -0.15) is 8.78 Å². The maximum Gasteiger partial charge on any atom is 0.288 e. The van der Waals surface area contributed by atoms with Gasteiger partial charge in [0.2, 0.25) is 5.95 Å². The molecule has 10 heteroatoms. The molecule has 1 fully saturated rings. The molecule has 1 N–H and O–H groups in total. The topological polar surface area (TPSA) is 74.2 Å². The van der Waals surface area contributed by atoms with Crippen molar-refractivity contribution in [3.63, 3.8) is 0 Å². The molecule has 4 rings (SSSR count). The van der Waals surface area contributed by atoms with Crippen molar-refractivity contribution in [2.75, 3.05) is 41.3 Å². The number of piperazine rings is 1. The van der Waals surface area contributed by atoms with E-state index in [0.717, 1.165) is 32.0 Å². The van der Waals surface area contributed by atoms with E-state index in [4.69, 9.17) is 0 Å². The minimum atomic E-state index is -2.60. The summed E-state index contributed by atoms with van der Waals surface area (Å²) in [5, 5.41) is 2.67. The van der Waals surface area contributed by atoms with Crippen LogP contribution in [0, 0.1) is 0 Å². The second-order valence-electron chi connectivity index (χ2n) is 6.76. The third-order valence-electron chi connectivity index (χ3n) is 4.78. The molecule has 0 bridgehead atoms. The highest BCUT2D eigenvalue weighted by atomic mass is 32.2. The van der Waals surface area contributed by atoms with Gasteiger partial charge in [0, 0.05) is 37.3 Å². The van der Waals surface area contributed by atoms with E-state index >= 15 is 0 Å². The highest BCUT2D eigenvalue weighted by molar-refractivity contribution is 7.99. The number of alkyl halides is 2. The van der Waals surface area contributed by atoms with Gasteiger partial charge < -0.3 is 15.1 Å². The van der Waals surface area contributed by atoms with E-state index in [1.54, 1.807) is 18.3 Å². The molecule has 3 heterocycles. The number of nitrogens with one attached hydrogen (secondary N) is 1. The van der Waals surface area contributed by atoms with Crippen molar-refractivity contribution in [3.8, 4) is 0 Å². The van der Waals surface area contributed by atoms with Crippen LogP contribution in [0.4, 0.5) is 26.2 Å². The average molecular weight is 442 g/mol. The fourth-order valence-corrected chi connectivity index (χ4v) is 3.91. The predicted octanol–water partition coefficient (Wildman–Crippen LogP) is 3.77. The number of nitrogens with zero attached hydrogens (tertiary/aromatic N) is 5. The number of hydrogen-bond acceptors (Lipinski definition) is 7. The Labute approximate surface area is 182 Å². The van der Waals surface area contributed by atoms with E-state index in [1.165, 1.54) is 24.5 Å². The van der Waals surface area contributed by atoms with Gasteiger partial charge in [-0.05, 0) is 24.3 Å². The molecule has 0 radical (unpaired) electrons. The van der Waals surface area contributed by atoms with Gasteiger partial charge in [-0.1, -0.05) is 30.0 Å². The van der Waals surface area contributed by atoms with Gasteiger partial charge in [-0.3, -0.25) is 4.79 Å². The van der Waals surface area contributed by atoms with Gasteiger partial charge in [0.05, 0.1) is 23.6 Å². The molecular formula is C21H20F2N6OS. The highest BCUT2D eigenvalue weighted by Gasteiger charge is 2.20. The van der Waals surface area contributed by atoms with Crippen LogP contribution in [0.25, 0.3) is 0 Å². The Morgan fingerprint density at radius 2 is 1.61 bits per heavy atom. The lowest BCUT2D eigenvalue weighted by Crippen LogP contribution is -2.47. The SMILES string of the molecule is O=C(Nc1cnc(N2CCN(c3ccccn3)CC2)nc1)c1ccccc1SC(F)F. The molecule has 1 aliphatic heterocycles. The molecule has 31 heavy (non-hydrogen) atoms. The fraction of sp³-hybridized carbons (Fsp3) is 0.238. The van der Waals surface area contributed by atoms with Gasteiger partial charge in [0.25, 0.3) is 11.7 Å². The van der Waals surface area contributed by atoms with Crippen LogP contribution in [0.15, 0.2) is 66.0 Å². The largest absolute Gasteiger partial charge is 0.353 e. The minimum absolute atomic E-state index is 0.183. The van der Waals surface area contributed by atoms with Crippen molar-refractivity contribution in [2.24, 2.45) is 0 Å². The maximum absolute atomic E-state index is 12.7. The van der Waals surface area contributed by atoms with Crippen molar-refractivity contribution < 1.29 is 13.6 Å². The van der Waals surface area contributed by atoms with E-state index < -0.39 is 11.7 Å². The number of aromatic nitrogens is 3. The molecule has 0 unspecified atom stereocenters. The molecule has 2 aromatic heterocycles. The molecule has 0 saturated carbocycles. The lowest BCUT2D eigenvalue weighted by molar-refractivity contribution is 0.102. The summed E-state index contributed by atoms with van der Waals surface area (Å²) in [4.78, 5) is 30.1. The Kier molecular flexibility index (Phi) is 6.56. The zero-order chi connectivity index (χ0) is 21.6. The quantitative estimate of drug-likeness (QED) is 0.583. The van der Waals surface area contributed by atoms with Crippen molar-refractivity contribution in [2.45, 2.75) is 10.7 Å². The van der Waals surface area contributed by atoms with Crippen LogP contribution < -0.4 is 15.1 Å². The Balaban J connectivity index is 1.36. The van der Waals surface area contributed by atoms with Crippen LogP contribution in [-0.2, 0) is 0 Å². The molecule has 7 nitrogen and oxygen atoms in total. The minimum Gasteiger partial charge on any atom is -0.353 e. The normalized spacial score (nSPS) is 14.0. The van der Waals surface area contributed by atoms with Crippen LogP contribution in [0.2, 0.25) is 0 Å². The molecule has 1 aromatic carbocycles. The standard InChI is InChI=1S/C21H20F2N6OS/c22-20(23)31-17-6-2-1-5-16(17)19(30)27-15-13-25-21(26-14-15)29-11-9-28(10-12-29)18-7-3-4-8-24-18/h1-8,13-14,20H,9-12H2,(H,27,30). The third kappa shape index (κ3) is 5.26. The molecule has 1 amide bonds. The maximum atomic E-state index is 12.7. The van der Waals surface area contributed by atoms with E-state index in [1.807, 2.05) is 18.2 Å². The molecule has 0 atom stereocenters. The van der Waals surface area contributed by atoms with Gasteiger partial charge >= 0.3 is 0 Å². The van der Waals surface area contributed by atoms with E-state index in [9.17, 15) is 13.6 Å². The number of hydrogen-bond donors (Lipinski definition) is 1. The molecule has 1 saturated heterocycles. The number of carbonyl (C=O) groups excluding carboxylic acids is 1. The number of pyridine rings is 1.